The molecule has 0 aliphatic heterocycles. The van der Waals surface area contributed by atoms with Gasteiger partial charge in [0.1, 0.15) is 0 Å². The molecule has 122 valence electrons. The molecule has 0 radical (unpaired) electrons. The number of aromatic nitrogens is 1. The van der Waals surface area contributed by atoms with Crippen molar-refractivity contribution in [2.45, 2.75) is 51.0 Å². The minimum absolute atomic E-state index is 0.614. The van der Waals surface area contributed by atoms with Crippen LogP contribution in [0.25, 0.3) is 0 Å². The van der Waals surface area contributed by atoms with Crippen LogP contribution in [0.15, 0.2) is 42.7 Å². The average molecular weight is 309 g/mol. The molecule has 1 aromatic carbocycles. The van der Waals surface area contributed by atoms with Crippen molar-refractivity contribution >= 4 is 5.69 Å². The fourth-order valence-corrected chi connectivity index (χ4v) is 3.49. The van der Waals surface area contributed by atoms with Gasteiger partial charge in [-0.05, 0) is 73.9 Å². The van der Waals surface area contributed by atoms with E-state index in [0.717, 1.165) is 31.5 Å². The van der Waals surface area contributed by atoms with Gasteiger partial charge in [0.05, 0.1) is 0 Å². The number of hydrogen-bond acceptors (Lipinski definition) is 3. The molecule has 1 aliphatic rings. The van der Waals surface area contributed by atoms with E-state index in [1.807, 2.05) is 24.5 Å². The van der Waals surface area contributed by atoms with Crippen molar-refractivity contribution in [3.8, 4) is 0 Å². The second-order valence-electron chi connectivity index (χ2n) is 6.55. The van der Waals surface area contributed by atoms with E-state index in [0.29, 0.717) is 6.04 Å². The Kier molecular flexibility index (Phi) is 5.65. The lowest BCUT2D eigenvalue weighted by Gasteiger charge is -2.26. The van der Waals surface area contributed by atoms with Gasteiger partial charge in [-0.15, -0.1) is 0 Å². The Labute approximate surface area is 139 Å². The Hall–Kier alpha value is -1.87. The molecule has 1 atom stereocenters. The predicted octanol–water partition coefficient (Wildman–Crippen LogP) is 3.52. The van der Waals surface area contributed by atoms with Crippen molar-refractivity contribution in [1.29, 1.82) is 0 Å². The quantitative estimate of drug-likeness (QED) is 0.608. The van der Waals surface area contributed by atoms with Crippen LogP contribution in [-0.4, -0.2) is 17.6 Å². The second-order valence-corrected chi connectivity index (χ2v) is 6.55. The molecule has 0 fully saturated rings. The highest BCUT2D eigenvalue weighted by atomic mass is 14.9. The SMILES string of the molecule is Nc1cccc2c1CCC(NCCCCCc1cccnc1)C2. The maximum Gasteiger partial charge on any atom is 0.0349 e. The summed E-state index contributed by atoms with van der Waals surface area (Å²) in [5.41, 5.74) is 11.2. The molecule has 2 aromatic rings. The van der Waals surface area contributed by atoms with E-state index >= 15 is 0 Å². The molecular formula is C20H27N3. The first-order chi connectivity index (χ1) is 11.3. The molecule has 1 unspecified atom stereocenters. The highest BCUT2D eigenvalue weighted by molar-refractivity contribution is 5.52. The van der Waals surface area contributed by atoms with Crippen LogP contribution in [0, 0.1) is 0 Å². The van der Waals surface area contributed by atoms with Crippen LogP contribution in [0.2, 0.25) is 0 Å². The van der Waals surface area contributed by atoms with Crippen LogP contribution in [0.5, 0.6) is 0 Å². The number of nitrogens with two attached hydrogens (primary N) is 1. The van der Waals surface area contributed by atoms with E-state index in [1.165, 1.54) is 42.4 Å². The molecule has 0 saturated carbocycles. The number of fused-ring (bicyclic) bond motifs is 1. The Morgan fingerprint density at radius 3 is 2.96 bits per heavy atom. The number of pyridine rings is 1. The van der Waals surface area contributed by atoms with Crippen molar-refractivity contribution in [3.63, 3.8) is 0 Å². The Morgan fingerprint density at radius 1 is 1.13 bits per heavy atom. The first kappa shape index (κ1) is 16.0. The van der Waals surface area contributed by atoms with Gasteiger partial charge in [0.2, 0.25) is 0 Å². The first-order valence-electron chi connectivity index (χ1n) is 8.81. The van der Waals surface area contributed by atoms with Crippen LogP contribution >= 0.6 is 0 Å². The number of anilines is 1. The second kappa shape index (κ2) is 8.11. The molecule has 3 nitrogen and oxygen atoms in total. The smallest absolute Gasteiger partial charge is 0.0349 e. The maximum absolute atomic E-state index is 6.06. The molecule has 3 N–H and O–H groups in total. The molecule has 0 bridgehead atoms. The van der Waals surface area contributed by atoms with Gasteiger partial charge in [-0.3, -0.25) is 4.98 Å². The maximum atomic E-state index is 6.06. The largest absolute Gasteiger partial charge is 0.398 e. The average Bonchev–Trinajstić information content (AvgIpc) is 2.59. The van der Waals surface area contributed by atoms with Gasteiger partial charge >= 0.3 is 0 Å². The van der Waals surface area contributed by atoms with Crippen LogP contribution in [0.3, 0.4) is 0 Å². The minimum Gasteiger partial charge on any atom is -0.398 e. The molecule has 3 heteroatoms. The number of rotatable bonds is 7. The Morgan fingerprint density at radius 2 is 2.09 bits per heavy atom. The van der Waals surface area contributed by atoms with Gasteiger partial charge in [0.25, 0.3) is 0 Å². The summed E-state index contributed by atoms with van der Waals surface area (Å²) in [6.07, 6.45) is 12.2. The summed E-state index contributed by atoms with van der Waals surface area (Å²) in [5.74, 6) is 0. The fraction of sp³-hybridized carbons (Fsp3) is 0.450. The summed E-state index contributed by atoms with van der Waals surface area (Å²) in [5, 5.41) is 3.73. The molecule has 0 saturated heterocycles. The number of aryl methyl sites for hydroxylation is 1. The van der Waals surface area contributed by atoms with Gasteiger partial charge in [0, 0.05) is 24.1 Å². The predicted molar refractivity (Wildman–Crippen MR) is 96.5 cm³/mol. The third-order valence-corrected chi connectivity index (χ3v) is 4.82. The van der Waals surface area contributed by atoms with E-state index in [4.69, 9.17) is 5.73 Å². The van der Waals surface area contributed by atoms with Gasteiger partial charge in [0.15, 0.2) is 0 Å². The van der Waals surface area contributed by atoms with Crippen molar-refractivity contribution in [2.75, 3.05) is 12.3 Å². The van der Waals surface area contributed by atoms with Gasteiger partial charge in [-0.2, -0.15) is 0 Å². The summed E-state index contributed by atoms with van der Waals surface area (Å²) in [6.45, 7) is 1.12. The molecule has 0 spiro atoms. The molecular weight excluding hydrogens is 282 g/mol. The summed E-state index contributed by atoms with van der Waals surface area (Å²) in [6, 6.07) is 11.1. The van der Waals surface area contributed by atoms with Crippen molar-refractivity contribution in [3.05, 3.63) is 59.4 Å². The molecule has 1 aliphatic carbocycles. The van der Waals surface area contributed by atoms with E-state index in [9.17, 15) is 0 Å². The van der Waals surface area contributed by atoms with Gasteiger partial charge in [-0.1, -0.05) is 24.6 Å². The molecule has 1 aromatic heterocycles. The zero-order chi connectivity index (χ0) is 15.9. The molecule has 1 heterocycles. The number of nitrogens with one attached hydrogen (secondary N) is 1. The summed E-state index contributed by atoms with van der Waals surface area (Å²) >= 11 is 0. The van der Waals surface area contributed by atoms with E-state index in [2.05, 4.69) is 28.5 Å². The molecule has 0 amide bonds. The number of nitrogen functional groups attached to an aromatic ring is 1. The van der Waals surface area contributed by atoms with Crippen LogP contribution in [0.4, 0.5) is 5.69 Å². The Bertz CT molecular complexity index is 610. The van der Waals surface area contributed by atoms with Crippen LogP contribution in [0.1, 0.15) is 42.4 Å². The third-order valence-electron chi connectivity index (χ3n) is 4.82. The lowest BCUT2D eigenvalue weighted by atomic mass is 9.87. The van der Waals surface area contributed by atoms with Crippen molar-refractivity contribution in [1.82, 2.24) is 10.3 Å². The summed E-state index contributed by atoms with van der Waals surface area (Å²) in [4.78, 5) is 4.16. The minimum atomic E-state index is 0.614. The molecule has 3 rings (SSSR count). The van der Waals surface area contributed by atoms with Crippen molar-refractivity contribution in [2.24, 2.45) is 0 Å². The lowest BCUT2D eigenvalue weighted by Crippen LogP contribution is -2.35. The third kappa shape index (κ3) is 4.55. The first-order valence-corrected chi connectivity index (χ1v) is 8.81. The molecule has 23 heavy (non-hydrogen) atoms. The van der Waals surface area contributed by atoms with E-state index in [1.54, 1.807) is 0 Å². The highest BCUT2D eigenvalue weighted by Crippen LogP contribution is 2.26. The summed E-state index contributed by atoms with van der Waals surface area (Å²) in [7, 11) is 0. The Balaban J connectivity index is 1.33. The fourth-order valence-electron chi connectivity index (χ4n) is 3.49. The van der Waals surface area contributed by atoms with Gasteiger partial charge in [-0.25, -0.2) is 0 Å². The number of hydrogen-bond donors (Lipinski definition) is 2. The number of unbranched alkanes of at least 4 members (excludes halogenated alkanes) is 2. The normalized spacial score (nSPS) is 17.0. The van der Waals surface area contributed by atoms with E-state index in [-0.39, 0.29) is 0 Å². The van der Waals surface area contributed by atoms with Crippen LogP contribution in [-0.2, 0) is 19.3 Å². The van der Waals surface area contributed by atoms with Crippen LogP contribution < -0.4 is 11.1 Å². The summed E-state index contributed by atoms with van der Waals surface area (Å²) < 4.78 is 0. The zero-order valence-corrected chi connectivity index (χ0v) is 13.8. The monoisotopic (exact) mass is 309 g/mol. The van der Waals surface area contributed by atoms with Gasteiger partial charge < -0.3 is 11.1 Å². The number of benzene rings is 1. The topological polar surface area (TPSA) is 50.9 Å². The van der Waals surface area contributed by atoms with Crippen molar-refractivity contribution < 1.29 is 0 Å². The number of nitrogens with zero attached hydrogens (tertiary/aromatic N) is 1. The zero-order valence-electron chi connectivity index (χ0n) is 13.8. The standard InChI is InChI=1S/C20H27N3/c21-20-9-4-8-17-14-18(10-11-19(17)20)23-13-3-1-2-6-16-7-5-12-22-15-16/h4-5,7-9,12,15,18,23H,1-3,6,10-11,13-14,21H2. The lowest BCUT2D eigenvalue weighted by molar-refractivity contribution is 0.449. The highest BCUT2D eigenvalue weighted by Gasteiger charge is 2.19. The van der Waals surface area contributed by atoms with E-state index < -0.39 is 0 Å².